The van der Waals surface area contributed by atoms with Gasteiger partial charge in [-0.25, -0.2) is 0 Å². The number of guanidine groups is 1. The summed E-state index contributed by atoms with van der Waals surface area (Å²) >= 11 is 1.98. The van der Waals surface area contributed by atoms with Crippen LogP contribution in [-0.4, -0.2) is 50.8 Å². The Hall–Kier alpha value is -0.830. The number of thioether (sulfide) groups is 1. The fraction of sp³-hybridized carbons (Fsp3) is 0.650. The smallest absolute Gasteiger partial charge is 0.191 e. The van der Waals surface area contributed by atoms with E-state index in [0.29, 0.717) is 12.6 Å². The van der Waals surface area contributed by atoms with Gasteiger partial charge in [0.05, 0.1) is 13.7 Å². The lowest BCUT2D eigenvalue weighted by molar-refractivity contribution is 0.310. The first-order valence-corrected chi connectivity index (χ1v) is 10.8. The average Bonchev–Trinajstić information content (AvgIpc) is 3.12. The quantitative estimate of drug-likeness (QED) is 0.228. The number of aliphatic imine (C=N–C) groups is 1. The molecule has 154 valence electrons. The lowest BCUT2D eigenvalue weighted by atomic mass is 10.1. The standard InChI is InChI=1S/C20H33N3O2S.HI/c1-5-25-19-13-15(8-11-18(19)24-3)7-6-12-22-20(21-2)23-16-9-10-17(14-16)26-4;/h8,11,13,16-17H,5-7,9-10,12,14H2,1-4H3,(H2,21,22,23);1H. The fourth-order valence-electron chi connectivity index (χ4n) is 3.32. The second-order valence-electron chi connectivity index (χ2n) is 6.53. The third-order valence-corrected chi connectivity index (χ3v) is 5.84. The highest BCUT2D eigenvalue weighted by Crippen LogP contribution is 2.29. The predicted molar refractivity (Wildman–Crippen MR) is 127 cm³/mol. The number of hydrogen-bond acceptors (Lipinski definition) is 4. The number of nitrogens with zero attached hydrogens (tertiary/aromatic N) is 1. The van der Waals surface area contributed by atoms with Gasteiger partial charge in [0.2, 0.25) is 0 Å². The molecule has 2 unspecified atom stereocenters. The van der Waals surface area contributed by atoms with E-state index >= 15 is 0 Å². The number of hydrogen-bond donors (Lipinski definition) is 2. The Bertz CT molecular complexity index is 586. The third-order valence-electron chi connectivity index (χ3n) is 4.74. The first-order chi connectivity index (χ1) is 12.7. The van der Waals surface area contributed by atoms with Gasteiger partial charge in [-0.05, 0) is 63.0 Å². The molecule has 0 aromatic heterocycles. The van der Waals surface area contributed by atoms with Crippen molar-refractivity contribution in [3.8, 4) is 11.5 Å². The summed E-state index contributed by atoms with van der Waals surface area (Å²) in [5.74, 6) is 2.53. The van der Waals surface area contributed by atoms with E-state index in [-0.39, 0.29) is 24.0 Å². The van der Waals surface area contributed by atoms with Gasteiger partial charge in [-0.15, -0.1) is 24.0 Å². The summed E-state index contributed by atoms with van der Waals surface area (Å²) in [4.78, 5) is 4.36. The molecule has 1 aliphatic carbocycles. The van der Waals surface area contributed by atoms with Gasteiger partial charge in [-0.1, -0.05) is 6.07 Å². The van der Waals surface area contributed by atoms with Gasteiger partial charge >= 0.3 is 0 Å². The number of nitrogens with one attached hydrogen (secondary N) is 2. The highest BCUT2D eigenvalue weighted by Gasteiger charge is 2.24. The molecule has 1 fully saturated rings. The third kappa shape index (κ3) is 7.97. The minimum Gasteiger partial charge on any atom is -0.493 e. The van der Waals surface area contributed by atoms with Crippen LogP contribution in [0.2, 0.25) is 0 Å². The molecule has 2 rings (SSSR count). The van der Waals surface area contributed by atoms with Crippen LogP contribution in [0.4, 0.5) is 0 Å². The Morgan fingerprint density at radius 3 is 2.74 bits per heavy atom. The van der Waals surface area contributed by atoms with Crippen LogP contribution in [0, 0.1) is 0 Å². The number of ether oxygens (including phenoxy) is 2. The van der Waals surface area contributed by atoms with E-state index in [1.165, 1.54) is 24.8 Å². The van der Waals surface area contributed by atoms with Crippen molar-refractivity contribution >= 4 is 41.7 Å². The first-order valence-electron chi connectivity index (χ1n) is 9.49. The van der Waals surface area contributed by atoms with Crippen molar-refractivity contribution in [1.82, 2.24) is 10.6 Å². The molecule has 0 radical (unpaired) electrons. The second kappa shape index (κ2) is 13.4. The maximum Gasteiger partial charge on any atom is 0.191 e. The molecule has 2 N–H and O–H groups in total. The lowest BCUT2D eigenvalue weighted by Crippen LogP contribution is -2.42. The van der Waals surface area contributed by atoms with Crippen LogP contribution >= 0.6 is 35.7 Å². The normalized spacial score (nSPS) is 19.3. The molecular weight excluding hydrogens is 473 g/mol. The van der Waals surface area contributed by atoms with E-state index in [0.717, 1.165) is 42.1 Å². The largest absolute Gasteiger partial charge is 0.493 e. The minimum atomic E-state index is 0. The molecule has 27 heavy (non-hydrogen) atoms. The van der Waals surface area contributed by atoms with Gasteiger partial charge in [0.15, 0.2) is 17.5 Å². The molecular formula is C20H34IN3O2S. The number of benzene rings is 1. The monoisotopic (exact) mass is 507 g/mol. The van der Waals surface area contributed by atoms with Crippen LogP contribution in [0.15, 0.2) is 23.2 Å². The van der Waals surface area contributed by atoms with Crippen molar-refractivity contribution in [3.05, 3.63) is 23.8 Å². The fourth-order valence-corrected chi connectivity index (χ4v) is 4.11. The van der Waals surface area contributed by atoms with E-state index < -0.39 is 0 Å². The zero-order valence-corrected chi connectivity index (χ0v) is 20.1. The summed E-state index contributed by atoms with van der Waals surface area (Å²) in [5, 5.41) is 7.79. The van der Waals surface area contributed by atoms with Crippen molar-refractivity contribution < 1.29 is 9.47 Å². The molecule has 1 aliphatic rings. The van der Waals surface area contributed by atoms with Gasteiger partial charge < -0.3 is 20.1 Å². The Morgan fingerprint density at radius 1 is 1.30 bits per heavy atom. The lowest BCUT2D eigenvalue weighted by Gasteiger charge is -2.17. The number of rotatable bonds is 9. The van der Waals surface area contributed by atoms with E-state index in [9.17, 15) is 0 Å². The van der Waals surface area contributed by atoms with Gasteiger partial charge in [0.25, 0.3) is 0 Å². The summed E-state index contributed by atoms with van der Waals surface area (Å²) in [6.07, 6.45) is 8.00. The highest BCUT2D eigenvalue weighted by molar-refractivity contribution is 14.0. The number of aryl methyl sites for hydroxylation is 1. The summed E-state index contributed by atoms with van der Waals surface area (Å²) in [6.45, 7) is 3.52. The Kier molecular flexibility index (Phi) is 12.0. The minimum absolute atomic E-state index is 0. The van der Waals surface area contributed by atoms with E-state index in [4.69, 9.17) is 9.47 Å². The summed E-state index contributed by atoms with van der Waals surface area (Å²) < 4.78 is 11.0. The average molecular weight is 507 g/mol. The first kappa shape index (κ1) is 24.2. The number of methoxy groups -OCH3 is 1. The van der Waals surface area contributed by atoms with Gasteiger partial charge in [-0.2, -0.15) is 11.8 Å². The van der Waals surface area contributed by atoms with Crippen LogP contribution in [0.25, 0.3) is 0 Å². The molecule has 0 amide bonds. The van der Waals surface area contributed by atoms with Gasteiger partial charge in [-0.3, -0.25) is 4.99 Å². The Balaban J connectivity index is 0.00000364. The summed E-state index contributed by atoms with van der Waals surface area (Å²) in [6, 6.07) is 6.72. The van der Waals surface area contributed by atoms with Crippen LogP contribution < -0.4 is 20.1 Å². The molecule has 2 atom stereocenters. The van der Waals surface area contributed by atoms with Crippen LogP contribution in [0.1, 0.15) is 38.2 Å². The zero-order valence-electron chi connectivity index (χ0n) is 16.9. The molecule has 1 saturated carbocycles. The van der Waals surface area contributed by atoms with E-state index in [2.05, 4.69) is 34.0 Å². The molecule has 1 aromatic carbocycles. The molecule has 0 bridgehead atoms. The molecule has 1 aromatic rings. The molecule has 5 nitrogen and oxygen atoms in total. The zero-order chi connectivity index (χ0) is 18.8. The van der Waals surface area contributed by atoms with Gasteiger partial charge in [0.1, 0.15) is 0 Å². The number of halogens is 1. The molecule has 7 heteroatoms. The Morgan fingerprint density at radius 2 is 2.11 bits per heavy atom. The maximum atomic E-state index is 5.65. The SMILES string of the molecule is CCOc1cc(CCCNC(=NC)NC2CCC(SC)C2)ccc1OC.I. The Labute approximate surface area is 185 Å². The van der Waals surface area contributed by atoms with Crippen molar-refractivity contribution in [3.63, 3.8) is 0 Å². The summed E-state index contributed by atoms with van der Waals surface area (Å²) in [5.41, 5.74) is 1.26. The van der Waals surface area contributed by atoms with Gasteiger partial charge in [0, 0.05) is 24.9 Å². The van der Waals surface area contributed by atoms with Crippen molar-refractivity contribution in [2.75, 3.05) is 33.6 Å². The van der Waals surface area contributed by atoms with Crippen molar-refractivity contribution in [1.29, 1.82) is 0 Å². The maximum absolute atomic E-state index is 5.65. The van der Waals surface area contributed by atoms with Crippen LogP contribution in [0.3, 0.4) is 0 Å². The predicted octanol–water partition coefficient (Wildman–Crippen LogP) is 4.09. The molecule has 0 heterocycles. The van der Waals surface area contributed by atoms with E-state index in [1.54, 1.807) is 7.11 Å². The second-order valence-corrected chi connectivity index (χ2v) is 7.67. The van der Waals surface area contributed by atoms with Crippen molar-refractivity contribution in [2.24, 2.45) is 4.99 Å². The van der Waals surface area contributed by atoms with Crippen LogP contribution in [0.5, 0.6) is 11.5 Å². The highest BCUT2D eigenvalue weighted by atomic mass is 127. The van der Waals surface area contributed by atoms with Crippen LogP contribution in [-0.2, 0) is 6.42 Å². The van der Waals surface area contributed by atoms with E-state index in [1.807, 2.05) is 31.8 Å². The summed E-state index contributed by atoms with van der Waals surface area (Å²) in [7, 11) is 3.51. The molecule has 0 aliphatic heterocycles. The molecule has 0 saturated heterocycles. The molecule has 0 spiro atoms. The topological polar surface area (TPSA) is 54.9 Å². The van der Waals surface area contributed by atoms with Crippen molar-refractivity contribution in [2.45, 2.75) is 50.3 Å².